The minimum Gasteiger partial charge on any atom is -0.383 e. The number of hydrogen-bond acceptors (Lipinski definition) is 3. The van der Waals surface area contributed by atoms with Gasteiger partial charge >= 0.3 is 0 Å². The number of rotatable bonds is 7. The molecule has 1 aromatic carbocycles. The molecule has 1 aliphatic heterocycles. The summed E-state index contributed by atoms with van der Waals surface area (Å²) in [6.45, 7) is 7.24. The van der Waals surface area contributed by atoms with Gasteiger partial charge in [-0.1, -0.05) is 37.3 Å². The van der Waals surface area contributed by atoms with Gasteiger partial charge in [-0.05, 0) is 31.5 Å². The van der Waals surface area contributed by atoms with E-state index in [2.05, 4.69) is 24.4 Å². The van der Waals surface area contributed by atoms with Crippen molar-refractivity contribution in [2.45, 2.75) is 19.9 Å². The predicted octanol–water partition coefficient (Wildman–Crippen LogP) is 2.08. The van der Waals surface area contributed by atoms with Crippen LogP contribution in [-0.4, -0.2) is 44.2 Å². The maximum Gasteiger partial charge on any atom is 0.226 e. The van der Waals surface area contributed by atoms with Crippen molar-refractivity contribution in [3.63, 3.8) is 0 Å². The van der Waals surface area contributed by atoms with Crippen LogP contribution in [0.25, 0.3) is 0 Å². The molecule has 21 heavy (non-hydrogen) atoms. The Bertz CT molecular complexity index is 445. The van der Waals surface area contributed by atoms with E-state index in [0.29, 0.717) is 19.1 Å². The van der Waals surface area contributed by atoms with E-state index >= 15 is 0 Å². The van der Waals surface area contributed by atoms with Gasteiger partial charge in [0.2, 0.25) is 5.91 Å². The minimum atomic E-state index is 0.0641. The van der Waals surface area contributed by atoms with Crippen molar-refractivity contribution >= 4 is 5.91 Å². The summed E-state index contributed by atoms with van der Waals surface area (Å²) in [4.78, 5) is 14.8. The van der Waals surface area contributed by atoms with Crippen LogP contribution in [0.4, 0.5) is 0 Å². The third-order valence-corrected chi connectivity index (χ3v) is 4.48. The number of methoxy groups -OCH3 is 1. The Balaban J connectivity index is 2.10. The lowest BCUT2D eigenvalue weighted by Crippen LogP contribution is -2.51. The van der Waals surface area contributed by atoms with Gasteiger partial charge in [0, 0.05) is 19.6 Å². The van der Waals surface area contributed by atoms with E-state index in [0.717, 1.165) is 13.1 Å². The molecule has 0 radical (unpaired) electrons. The van der Waals surface area contributed by atoms with Crippen molar-refractivity contribution in [3.05, 3.63) is 35.9 Å². The average molecular weight is 290 g/mol. The Hall–Kier alpha value is -1.39. The molecule has 1 aromatic rings. The fourth-order valence-electron chi connectivity index (χ4n) is 2.72. The van der Waals surface area contributed by atoms with E-state index in [1.807, 2.05) is 30.0 Å². The topological polar surface area (TPSA) is 41.6 Å². The summed E-state index contributed by atoms with van der Waals surface area (Å²) < 4.78 is 5.18. The lowest BCUT2D eigenvalue weighted by atomic mass is 9.87. The fourth-order valence-corrected chi connectivity index (χ4v) is 2.72. The van der Waals surface area contributed by atoms with E-state index in [1.54, 1.807) is 7.11 Å². The molecule has 2 unspecified atom stereocenters. The first-order chi connectivity index (χ1) is 10.1. The average Bonchev–Trinajstić information content (AvgIpc) is 2.46. The number of nitrogens with zero attached hydrogens (tertiary/aromatic N) is 1. The summed E-state index contributed by atoms with van der Waals surface area (Å²) >= 11 is 0. The molecule has 1 N–H and O–H groups in total. The Morgan fingerprint density at radius 3 is 2.52 bits per heavy atom. The normalized spacial score (nSPS) is 17.9. The number of carbonyl (C=O) groups is 1. The van der Waals surface area contributed by atoms with Gasteiger partial charge in [-0.15, -0.1) is 0 Å². The minimum absolute atomic E-state index is 0.0641. The quantitative estimate of drug-likeness (QED) is 0.836. The van der Waals surface area contributed by atoms with Gasteiger partial charge in [-0.3, -0.25) is 4.79 Å². The first-order valence-electron chi connectivity index (χ1n) is 7.70. The monoisotopic (exact) mass is 290 g/mol. The second-order valence-corrected chi connectivity index (χ2v) is 5.82. The Morgan fingerprint density at radius 2 is 2.00 bits per heavy atom. The fraction of sp³-hybridized carbons (Fsp3) is 0.588. The third-order valence-electron chi connectivity index (χ3n) is 4.48. The Morgan fingerprint density at radius 1 is 1.33 bits per heavy atom. The van der Waals surface area contributed by atoms with Crippen molar-refractivity contribution in [2.75, 3.05) is 33.4 Å². The number of ether oxygens (including phenoxy) is 1. The van der Waals surface area contributed by atoms with Crippen LogP contribution >= 0.6 is 0 Å². The van der Waals surface area contributed by atoms with Crippen LogP contribution in [-0.2, 0) is 9.53 Å². The number of carbonyl (C=O) groups excluding carboxylic acids is 1. The van der Waals surface area contributed by atoms with Gasteiger partial charge in [-0.25, -0.2) is 0 Å². The van der Waals surface area contributed by atoms with Crippen LogP contribution in [0, 0.1) is 11.8 Å². The summed E-state index contributed by atoms with van der Waals surface area (Å²) in [5, 5.41) is 3.24. The highest BCUT2D eigenvalue weighted by molar-refractivity contribution is 5.79. The van der Waals surface area contributed by atoms with E-state index in [1.165, 1.54) is 5.56 Å². The molecule has 116 valence electrons. The molecule has 1 aliphatic rings. The molecule has 0 bridgehead atoms. The second kappa shape index (κ2) is 7.57. The van der Waals surface area contributed by atoms with Crippen molar-refractivity contribution < 1.29 is 9.53 Å². The smallest absolute Gasteiger partial charge is 0.226 e. The van der Waals surface area contributed by atoms with Gasteiger partial charge < -0.3 is 15.0 Å². The zero-order valence-corrected chi connectivity index (χ0v) is 13.2. The number of hydrogen-bond donors (Lipinski definition) is 1. The van der Waals surface area contributed by atoms with Crippen molar-refractivity contribution in [1.82, 2.24) is 10.2 Å². The van der Waals surface area contributed by atoms with Crippen molar-refractivity contribution in [3.8, 4) is 0 Å². The molecule has 1 fully saturated rings. The molecule has 0 aromatic heterocycles. The lowest BCUT2D eigenvalue weighted by Gasteiger charge is -2.37. The summed E-state index contributed by atoms with van der Waals surface area (Å²) in [6, 6.07) is 10.3. The van der Waals surface area contributed by atoms with Crippen LogP contribution in [0.2, 0.25) is 0 Å². The molecule has 4 nitrogen and oxygen atoms in total. The Kier molecular flexibility index (Phi) is 5.76. The van der Waals surface area contributed by atoms with Crippen molar-refractivity contribution in [1.29, 1.82) is 0 Å². The maximum atomic E-state index is 12.8. The second-order valence-electron chi connectivity index (χ2n) is 5.82. The van der Waals surface area contributed by atoms with E-state index in [9.17, 15) is 4.79 Å². The largest absolute Gasteiger partial charge is 0.383 e. The third kappa shape index (κ3) is 3.83. The predicted molar refractivity (Wildman–Crippen MR) is 84.0 cm³/mol. The standard InChI is InChI=1S/C17H26N2O2/c1-13(16-11-18-12-16)17(20)19(9-10-21-3)14(2)15-7-5-4-6-8-15/h4-8,13-14,16,18H,9-12H2,1-3H3. The van der Waals surface area contributed by atoms with Crippen LogP contribution in [0.15, 0.2) is 30.3 Å². The van der Waals surface area contributed by atoms with Crippen LogP contribution in [0.1, 0.15) is 25.5 Å². The number of benzene rings is 1. The molecule has 1 amide bonds. The van der Waals surface area contributed by atoms with Crippen molar-refractivity contribution in [2.24, 2.45) is 11.8 Å². The lowest BCUT2D eigenvalue weighted by molar-refractivity contribution is -0.140. The zero-order valence-electron chi connectivity index (χ0n) is 13.2. The van der Waals surface area contributed by atoms with Crippen LogP contribution < -0.4 is 5.32 Å². The molecule has 2 atom stereocenters. The van der Waals surface area contributed by atoms with Gasteiger partial charge in [0.1, 0.15) is 0 Å². The summed E-state index contributed by atoms with van der Waals surface area (Å²) in [5.74, 6) is 0.759. The number of amides is 1. The highest BCUT2D eigenvalue weighted by Crippen LogP contribution is 2.25. The van der Waals surface area contributed by atoms with Gasteiger partial charge in [0.25, 0.3) is 0 Å². The molecule has 0 saturated carbocycles. The molecule has 1 saturated heterocycles. The van der Waals surface area contributed by atoms with E-state index < -0.39 is 0 Å². The zero-order chi connectivity index (χ0) is 15.2. The first-order valence-corrected chi connectivity index (χ1v) is 7.70. The molecular formula is C17H26N2O2. The van der Waals surface area contributed by atoms with Crippen LogP contribution in [0.5, 0.6) is 0 Å². The SMILES string of the molecule is COCCN(C(=O)C(C)C1CNC1)C(C)c1ccccc1. The van der Waals surface area contributed by atoms with Gasteiger partial charge in [0.05, 0.1) is 12.6 Å². The Labute approximate surface area is 127 Å². The molecular weight excluding hydrogens is 264 g/mol. The molecule has 0 spiro atoms. The maximum absolute atomic E-state index is 12.8. The molecule has 1 heterocycles. The van der Waals surface area contributed by atoms with E-state index in [4.69, 9.17) is 4.74 Å². The summed E-state index contributed by atoms with van der Waals surface area (Å²) in [7, 11) is 1.68. The highest BCUT2D eigenvalue weighted by Gasteiger charge is 2.33. The highest BCUT2D eigenvalue weighted by atomic mass is 16.5. The molecule has 2 rings (SSSR count). The van der Waals surface area contributed by atoms with Gasteiger partial charge in [-0.2, -0.15) is 0 Å². The number of nitrogens with one attached hydrogen (secondary N) is 1. The first kappa shape index (κ1) is 16.0. The summed E-state index contributed by atoms with van der Waals surface area (Å²) in [5.41, 5.74) is 1.17. The molecule has 0 aliphatic carbocycles. The van der Waals surface area contributed by atoms with Gasteiger partial charge in [0.15, 0.2) is 0 Å². The van der Waals surface area contributed by atoms with Crippen LogP contribution in [0.3, 0.4) is 0 Å². The summed E-state index contributed by atoms with van der Waals surface area (Å²) in [6.07, 6.45) is 0. The molecule has 4 heteroatoms. The van der Waals surface area contributed by atoms with E-state index in [-0.39, 0.29) is 17.9 Å².